The Morgan fingerprint density at radius 3 is 2.46 bits per heavy atom. The van der Waals surface area contributed by atoms with Crippen molar-refractivity contribution < 1.29 is 32.7 Å². The van der Waals surface area contributed by atoms with Gasteiger partial charge in [-0.15, -0.1) is 10.2 Å². The number of unbranched alkanes of at least 4 members (excludes halogenated alkanes) is 1. The van der Waals surface area contributed by atoms with E-state index in [0.717, 1.165) is 18.4 Å². The lowest BCUT2D eigenvalue weighted by atomic mass is 10.1. The number of nitrogens with zero attached hydrogens (tertiary/aromatic N) is 3. The molecule has 2 aromatic carbocycles. The van der Waals surface area contributed by atoms with Gasteiger partial charge in [0, 0.05) is 18.6 Å². The van der Waals surface area contributed by atoms with E-state index in [2.05, 4.69) is 22.3 Å². The topological polar surface area (TPSA) is 105 Å². The third-order valence-corrected chi connectivity index (χ3v) is 5.16. The van der Waals surface area contributed by atoms with Gasteiger partial charge in [-0.25, -0.2) is 9.18 Å². The van der Waals surface area contributed by atoms with Gasteiger partial charge in [-0.1, -0.05) is 30.6 Å². The molecule has 1 atom stereocenters. The minimum Gasteiger partial charge on any atom is -0.487 e. The zero-order valence-corrected chi connectivity index (χ0v) is 21.3. The highest BCUT2D eigenvalue weighted by Crippen LogP contribution is 2.20. The van der Waals surface area contributed by atoms with E-state index in [1.54, 1.807) is 31.2 Å². The van der Waals surface area contributed by atoms with Gasteiger partial charge in [-0.3, -0.25) is 0 Å². The summed E-state index contributed by atoms with van der Waals surface area (Å²) in [5, 5.41) is 12.3. The van der Waals surface area contributed by atoms with Crippen LogP contribution in [0.4, 0.5) is 4.39 Å². The van der Waals surface area contributed by atoms with Crippen LogP contribution in [0.5, 0.6) is 5.75 Å². The fourth-order valence-electron chi connectivity index (χ4n) is 3.24. The molecule has 37 heavy (non-hydrogen) atoms. The molecule has 0 aliphatic carbocycles. The molecule has 0 saturated heterocycles. The minimum absolute atomic E-state index is 0.0148. The zero-order valence-electron chi connectivity index (χ0n) is 21.3. The molecule has 0 N–H and O–H groups in total. The number of rotatable bonds is 15. The van der Waals surface area contributed by atoms with Gasteiger partial charge in [0.05, 0.1) is 6.61 Å². The first-order valence-electron chi connectivity index (χ1n) is 12.3. The number of ether oxygens (including phenoxy) is 3. The number of benzene rings is 2. The molecule has 3 rings (SSSR count). The molecule has 0 aliphatic rings. The van der Waals surface area contributed by atoms with Gasteiger partial charge in [0.25, 0.3) is 5.89 Å². The number of esters is 1. The van der Waals surface area contributed by atoms with Gasteiger partial charge < -0.3 is 23.5 Å². The van der Waals surface area contributed by atoms with Crippen LogP contribution < -0.4 is 4.74 Å². The summed E-state index contributed by atoms with van der Waals surface area (Å²) in [4.78, 5) is 17.5. The number of hydrogen-bond donors (Lipinski definition) is 0. The fourth-order valence-corrected chi connectivity index (χ4v) is 3.24. The molecule has 0 amide bonds. The van der Waals surface area contributed by atoms with E-state index in [-0.39, 0.29) is 30.2 Å². The molecule has 9 nitrogen and oxygen atoms in total. The van der Waals surface area contributed by atoms with Crippen molar-refractivity contribution in [3.8, 4) is 17.2 Å². The Morgan fingerprint density at radius 1 is 1.03 bits per heavy atom. The maximum absolute atomic E-state index is 13.2. The summed E-state index contributed by atoms with van der Waals surface area (Å²) < 4.78 is 35.5. The number of carbonyl (C=O) groups is 1. The summed E-state index contributed by atoms with van der Waals surface area (Å²) in [6, 6.07) is 13.0. The van der Waals surface area contributed by atoms with Crippen molar-refractivity contribution in [2.24, 2.45) is 5.16 Å². The summed E-state index contributed by atoms with van der Waals surface area (Å²) >= 11 is 0. The summed E-state index contributed by atoms with van der Waals surface area (Å²) in [6.45, 7) is 6.81. The Labute approximate surface area is 215 Å². The zero-order chi connectivity index (χ0) is 26.5. The average molecular weight is 514 g/mol. The molecule has 0 spiro atoms. The first kappa shape index (κ1) is 27.8. The molecule has 0 fully saturated rings. The summed E-state index contributed by atoms with van der Waals surface area (Å²) in [5.41, 5.74) is 1.80. The van der Waals surface area contributed by atoms with E-state index in [9.17, 15) is 9.18 Å². The Kier molecular flexibility index (Phi) is 11.0. The third-order valence-electron chi connectivity index (χ3n) is 5.16. The lowest BCUT2D eigenvalue weighted by molar-refractivity contribution is -0.156. The molecule has 0 aliphatic heterocycles. The Morgan fingerprint density at radius 2 is 1.78 bits per heavy atom. The van der Waals surface area contributed by atoms with E-state index in [1.165, 1.54) is 12.1 Å². The van der Waals surface area contributed by atoms with E-state index in [4.69, 9.17) is 23.5 Å². The van der Waals surface area contributed by atoms with Crippen LogP contribution in [0.25, 0.3) is 11.5 Å². The highest BCUT2D eigenvalue weighted by atomic mass is 19.1. The van der Waals surface area contributed by atoms with Gasteiger partial charge in [0.2, 0.25) is 5.89 Å². The molecule has 1 heterocycles. The molecule has 10 heteroatoms. The standard InChI is InChI=1S/C27H32FN3O6/c1-4-7-16-36-31-23(26-30-29-25(37-26)20-10-12-21(28)13-11-20)18-35-22-14-8-19(9-15-22)17-24(33-5-2)27(32)34-6-3/h8-15,24H,4-7,16-18H2,1-3H3. The van der Waals surface area contributed by atoms with Gasteiger partial charge in [0.15, 0.2) is 11.8 Å². The van der Waals surface area contributed by atoms with Crippen LogP contribution in [0.2, 0.25) is 0 Å². The SMILES string of the molecule is CCCCON=C(COc1ccc(CC(OCC)C(=O)OCC)cc1)c1nnc(-c2ccc(F)cc2)o1. The maximum atomic E-state index is 13.2. The first-order valence-corrected chi connectivity index (χ1v) is 12.3. The summed E-state index contributed by atoms with van der Waals surface area (Å²) in [6.07, 6.45) is 1.53. The van der Waals surface area contributed by atoms with Gasteiger partial charge in [0.1, 0.15) is 24.8 Å². The van der Waals surface area contributed by atoms with Crippen molar-refractivity contribution in [2.75, 3.05) is 26.4 Å². The van der Waals surface area contributed by atoms with E-state index in [0.29, 0.717) is 43.3 Å². The molecule has 198 valence electrons. The lowest BCUT2D eigenvalue weighted by Gasteiger charge is -2.15. The van der Waals surface area contributed by atoms with Crippen molar-refractivity contribution in [1.82, 2.24) is 10.2 Å². The lowest BCUT2D eigenvalue weighted by Crippen LogP contribution is -2.28. The molecule has 3 aromatic rings. The largest absolute Gasteiger partial charge is 0.487 e. The summed E-state index contributed by atoms with van der Waals surface area (Å²) in [5.74, 6) is 0.205. The number of carbonyl (C=O) groups excluding carboxylic acids is 1. The van der Waals surface area contributed by atoms with E-state index in [1.807, 2.05) is 19.1 Å². The van der Waals surface area contributed by atoms with Crippen LogP contribution >= 0.6 is 0 Å². The van der Waals surface area contributed by atoms with Crippen molar-refractivity contribution in [1.29, 1.82) is 0 Å². The molecule has 1 aromatic heterocycles. The van der Waals surface area contributed by atoms with E-state index < -0.39 is 6.10 Å². The predicted molar refractivity (Wildman–Crippen MR) is 135 cm³/mol. The van der Waals surface area contributed by atoms with Crippen LogP contribution in [-0.2, 0) is 25.5 Å². The third kappa shape index (κ3) is 8.68. The second-order valence-corrected chi connectivity index (χ2v) is 7.98. The van der Waals surface area contributed by atoms with Crippen LogP contribution in [-0.4, -0.2) is 54.4 Å². The van der Waals surface area contributed by atoms with Crippen molar-refractivity contribution in [3.05, 3.63) is 65.8 Å². The van der Waals surface area contributed by atoms with Crippen LogP contribution in [0.3, 0.4) is 0 Å². The van der Waals surface area contributed by atoms with Gasteiger partial charge in [-0.05, 0) is 62.2 Å². The highest BCUT2D eigenvalue weighted by Gasteiger charge is 2.21. The Bertz CT molecular complexity index is 1130. The van der Waals surface area contributed by atoms with Crippen LogP contribution in [0, 0.1) is 5.82 Å². The number of oxime groups is 1. The van der Waals surface area contributed by atoms with Crippen molar-refractivity contribution >= 4 is 11.7 Å². The molecule has 0 saturated carbocycles. The second-order valence-electron chi connectivity index (χ2n) is 7.98. The maximum Gasteiger partial charge on any atom is 0.335 e. The minimum atomic E-state index is -0.663. The van der Waals surface area contributed by atoms with Crippen LogP contribution in [0.15, 0.2) is 58.1 Å². The summed E-state index contributed by atoms with van der Waals surface area (Å²) in [7, 11) is 0. The first-order chi connectivity index (χ1) is 18.0. The molecular weight excluding hydrogens is 481 g/mol. The fraction of sp³-hybridized carbons (Fsp3) is 0.407. The molecule has 0 bridgehead atoms. The number of aromatic nitrogens is 2. The van der Waals surface area contributed by atoms with Crippen LogP contribution in [0.1, 0.15) is 45.1 Å². The van der Waals surface area contributed by atoms with Crippen molar-refractivity contribution in [3.63, 3.8) is 0 Å². The second kappa shape index (κ2) is 14.7. The predicted octanol–water partition coefficient (Wildman–Crippen LogP) is 4.99. The monoisotopic (exact) mass is 513 g/mol. The Balaban J connectivity index is 1.67. The number of hydrogen-bond acceptors (Lipinski definition) is 9. The Hall–Kier alpha value is -3.79. The molecule has 1 unspecified atom stereocenters. The highest BCUT2D eigenvalue weighted by molar-refractivity contribution is 5.97. The van der Waals surface area contributed by atoms with Gasteiger partial charge in [-0.2, -0.15) is 0 Å². The number of halogens is 1. The molecule has 0 radical (unpaired) electrons. The smallest absolute Gasteiger partial charge is 0.335 e. The van der Waals surface area contributed by atoms with E-state index >= 15 is 0 Å². The molecular formula is C27H32FN3O6. The normalized spacial score (nSPS) is 12.3. The van der Waals surface area contributed by atoms with Crippen molar-refractivity contribution in [2.45, 2.75) is 46.1 Å². The van der Waals surface area contributed by atoms with Gasteiger partial charge >= 0.3 is 5.97 Å². The average Bonchev–Trinajstić information content (AvgIpc) is 3.39. The quantitative estimate of drug-likeness (QED) is 0.121.